The highest BCUT2D eigenvalue weighted by Gasteiger charge is 2.51. The molecule has 2 amide bonds. The van der Waals surface area contributed by atoms with E-state index >= 15 is 13.2 Å². The molecule has 0 radical (unpaired) electrons. The van der Waals surface area contributed by atoms with Gasteiger partial charge in [0.15, 0.2) is 17.4 Å². The summed E-state index contributed by atoms with van der Waals surface area (Å²) in [5.41, 5.74) is -2.56. The van der Waals surface area contributed by atoms with E-state index in [9.17, 15) is 20.0 Å². The van der Waals surface area contributed by atoms with Crippen LogP contribution in [0.4, 0.5) is 33.6 Å². The maximum Gasteiger partial charge on any atom is 0.412 e. The van der Waals surface area contributed by atoms with Crippen LogP contribution < -0.4 is 19.7 Å². The Hall–Kier alpha value is -5.38. The van der Waals surface area contributed by atoms with Crippen molar-refractivity contribution in [2.45, 2.75) is 109 Å². The van der Waals surface area contributed by atoms with Crippen LogP contribution in [0.2, 0.25) is 0 Å². The summed E-state index contributed by atoms with van der Waals surface area (Å²) in [7, 11) is 1.23. The zero-order chi connectivity index (χ0) is 44.6. The number of amides is 2. The van der Waals surface area contributed by atoms with E-state index < -0.39 is 57.7 Å². The topological polar surface area (TPSA) is 163 Å². The van der Waals surface area contributed by atoms with Crippen molar-refractivity contribution in [2.75, 3.05) is 50.2 Å². The minimum absolute atomic E-state index is 0.0323. The largest absolute Gasteiger partial charge is 0.493 e. The Labute approximate surface area is 361 Å². The molecule has 2 bridgehead atoms. The summed E-state index contributed by atoms with van der Waals surface area (Å²) in [5, 5.41) is 22.7. The summed E-state index contributed by atoms with van der Waals surface area (Å²) in [5.74, 6) is -3.37. The van der Waals surface area contributed by atoms with Crippen molar-refractivity contribution < 1.29 is 46.8 Å². The summed E-state index contributed by atoms with van der Waals surface area (Å²) in [6.07, 6.45) is 2.04. The van der Waals surface area contributed by atoms with Gasteiger partial charge in [0.05, 0.1) is 52.6 Å². The van der Waals surface area contributed by atoms with E-state index in [1.165, 1.54) is 13.2 Å². The molecule has 4 fully saturated rings. The molecule has 4 aliphatic rings. The van der Waals surface area contributed by atoms with Crippen LogP contribution in [-0.2, 0) is 9.47 Å². The number of nitriles is 1. The predicted molar refractivity (Wildman–Crippen MR) is 227 cm³/mol. The lowest BCUT2D eigenvalue weighted by Gasteiger charge is -2.42. The van der Waals surface area contributed by atoms with E-state index in [2.05, 4.69) is 21.8 Å². The fourth-order valence-electron chi connectivity index (χ4n) is 9.58. The standard InChI is InChI=1S/C44H50F3N7O7S/c1-22-15-44(14-13-25(20-55)53(44)17-22)21-59-39-49-34-31(37(50-39)52-18-23-9-10-24(19-52)54(23)41(57)61-43(5,6)7)35(58-8)33(47)30(32(34)46)26-11-12-28(45)36-29(26)27(16-48)38(62-36)51-40(56)60-42(2,3)4/h11-12,23-25,55H,1,9-10,13-15,17-21H2,2-8H3,(H,51,56)/t23?,24?,25-,44-/m0/s1. The third-order valence-electron chi connectivity index (χ3n) is 12.0. The first-order chi connectivity index (χ1) is 29.3. The zero-order valence-corrected chi connectivity index (χ0v) is 36.6. The first-order valence-electron chi connectivity index (χ1n) is 20.6. The highest BCUT2D eigenvalue weighted by molar-refractivity contribution is 7.23. The quantitative estimate of drug-likeness (QED) is 0.163. The van der Waals surface area contributed by atoms with Crippen LogP contribution in [0.1, 0.15) is 79.2 Å². The van der Waals surface area contributed by atoms with Gasteiger partial charge in [0.25, 0.3) is 0 Å². The number of halogens is 3. The average molecular weight is 878 g/mol. The monoisotopic (exact) mass is 877 g/mol. The Kier molecular flexibility index (Phi) is 11.0. The SMILES string of the molecule is C=C1CN2[C@H](CO)CC[C@@]2(COc2nc(N3CC4CCC(C3)N4C(=O)OC(C)(C)C)c3c(OC)c(F)c(-c4ccc(F)c5sc(NC(=O)OC(C)(C)C)c(C#N)c45)c(F)c3n2)C1. The lowest BCUT2D eigenvalue weighted by molar-refractivity contribution is 0.0122. The second-order valence-corrected chi connectivity index (χ2v) is 19.6. The Balaban J connectivity index is 1.28. The number of ether oxygens (including phenoxy) is 4. The number of thiophene rings is 1. The average Bonchev–Trinajstić information content (AvgIpc) is 3.90. The number of fused-ring (bicyclic) bond motifs is 5. The number of aromatic nitrogens is 2. The van der Waals surface area contributed by atoms with Crippen molar-refractivity contribution in [1.82, 2.24) is 19.8 Å². The molecule has 6 heterocycles. The fourth-order valence-corrected chi connectivity index (χ4v) is 10.6. The van der Waals surface area contributed by atoms with E-state index in [0.29, 0.717) is 32.2 Å². The maximum absolute atomic E-state index is 17.7. The van der Waals surface area contributed by atoms with Gasteiger partial charge >= 0.3 is 18.2 Å². The maximum atomic E-state index is 17.7. The smallest absolute Gasteiger partial charge is 0.412 e. The van der Waals surface area contributed by atoms with Gasteiger partial charge in [-0.3, -0.25) is 15.1 Å². The summed E-state index contributed by atoms with van der Waals surface area (Å²) in [4.78, 5) is 41.4. The van der Waals surface area contributed by atoms with Crippen molar-refractivity contribution in [3.63, 3.8) is 0 Å². The second kappa shape index (κ2) is 15.8. The van der Waals surface area contributed by atoms with Crippen LogP contribution in [0, 0.1) is 28.8 Å². The summed E-state index contributed by atoms with van der Waals surface area (Å²) in [6.45, 7) is 15.7. The van der Waals surface area contributed by atoms with E-state index in [1.807, 2.05) is 11.0 Å². The van der Waals surface area contributed by atoms with Gasteiger partial charge in [-0.1, -0.05) is 18.2 Å². The number of hydrogen-bond acceptors (Lipinski definition) is 13. The van der Waals surface area contributed by atoms with E-state index in [1.54, 1.807) is 46.4 Å². The van der Waals surface area contributed by atoms with Crippen LogP contribution in [0.25, 0.3) is 32.1 Å². The van der Waals surface area contributed by atoms with Crippen LogP contribution in [0.3, 0.4) is 0 Å². The van der Waals surface area contributed by atoms with Gasteiger partial charge in [-0.15, -0.1) is 11.3 Å². The normalized spacial score (nSPS) is 22.6. The molecular formula is C44H50F3N7O7S. The lowest BCUT2D eigenvalue weighted by atomic mass is 9.94. The Morgan fingerprint density at radius 3 is 2.35 bits per heavy atom. The molecule has 14 nitrogen and oxygen atoms in total. The molecule has 0 saturated carbocycles. The van der Waals surface area contributed by atoms with Crippen molar-refractivity contribution in [2.24, 2.45) is 0 Å². The molecule has 0 spiro atoms. The van der Waals surface area contributed by atoms with Gasteiger partial charge in [0.1, 0.15) is 46.0 Å². The number of carbonyl (C=O) groups excluding carboxylic acids is 2. The molecule has 2 N–H and O–H groups in total. The number of rotatable bonds is 8. The molecule has 4 aliphatic heterocycles. The first-order valence-corrected chi connectivity index (χ1v) is 21.4. The van der Waals surface area contributed by atoms with Gasteiger partial charge < -0.3 is 29.0 Å². The fraction of sp³-hybridized carbons (Fsp3) is 0.523. The summed E-state index contributed by atoms with van der Waals surface area (Å²) >= 11 is 0.725. The molecule has 62 heavy (non-hydrogen) atoms. The lowest BCUT2D eigenvalue weighted by Crippen LogP contribution is -2.57. The molecular weight excluding hydrogens is 828 g/mol. The summed E-state index contributed by atoms with van der Waals surface area (Å²) in [6, 6.07) is 3.29. The van der Waals surface area contributed by atoms with E-state index in [-0.39, 0.29) is 93.4 Å². The van der Waals surface area contributed by atoms with Gasteiger partial charge in [-0.05, 0) is 85.3 Å². The number of methoxy groups -OCH3 is 1. The minimum Gasteiger partial charge on any atom is -0.493 e. The van der Waals surface area contributed by atoms with Crippen LogP contribution in [0.5, 0.6) is 11.8 Å². The van der Waals surface area contributed by atoms with Crippen LogP contribution >= 0.6 is 11.3 Å². The number of anilines is 2. The Bertz CT molecular complexity index is 2540. The first kappa shape index (κ1) is 43.3. The number of aliphatic hydroxyl groups is 1. The molecule has 0 aliphatic carbocycles. The number of nitrogens with zero attached hydrogens (tertiary/aromatic N) is 6. The predicted octanol–water partition coefficient (Wildman–Crippen LogP) is 8.28. The van der Waals surface area contributed by atoms with Crippen LogP contribution in [-0.4, -0.2) is 112 Å². The molecule has 2 aromatic carbocycles. The zero-order valence-electron chi connectivity index (χ0n) is 35.8. The number of piperazine rings is 1. The van der Waals surface area contributed by atoms with Gasteiger partial charge in [0, 0.05) is 31.1 Å². The third-order valence-corrected chi connectivity index (χ3v) is 13.1. The molecule has 2 unspecified atom stereocenters. The highest BCUT2D eigenvalue weighted by Crippen LogP contribution is 2.49. The van der Waals surface area contributed by atoms with E-state index in [0.717, 1.165) is 29.4 Å². The van der Waals surface area contributed by atoms with Crippen molar-refractivity contribution >= 4 is 55.3 Å². The highest BCUT2D eigenvalue weighted by atomic mass is 32.1. The molecule has 18 heteroatoms. The molecule has 4 aromatic rings. The molecule has 4 atom stereocenters. The third kappa shape index (κ3) is 7.61. The number of aliphatic hydroxyl groups excluding tert-OH is 1. The Morgan fingerprint density at radius 1 is 1.03 bits per heavy atom. The number of nitrogens with one attached hydrogen (secondary N) is 1. The van der Waals surface area contributed by atoms with Gasteiger partial charge in [-0.2, -0.15) is 15.2 Å². The second-order valence-electron chi connectivity index (χ2n) is 18.6. The number of hydrogen-bond donors (Lipinski definition) is 2. The summed E-state index contributed by atoms with van der Waals surface area (Å²) < 4.78 is 73.7. The van der Waals surface area contributed by atoms with Crippen LogP contribution in [0.15, 0.2) is 24.3 Å². The molecule has 4 saturated heterocycles. The molecule has 8 rings (SSSR count). The number of benzene rings is 2. The molecule has 330 valence electrons. The Morgan fingerprint density at radius 2 is 1.73 bits per heavy atom. The van der Waals surface area contributed by atoms with Crippen molar-refractivity contribution in [1.29, 1.82) is 5.26 Å². The van der Waals surface area contributed by atoms with E-state index in [4.69, 9.17) is 23.9 Å². The van der Waals surface area contributed by atoms with Gasteiger partial charge in [-0.25, -0.2) is 22.8 Å². The van der Waals surface area contributed by atoms with Crippen molar-refractivity contribution in [3.05, 3.63) is 47.3 Å². The minimum atomic E-state index is -1.16. The molecule has 2 aromatic heterocycles. The van der Waals surface area contributed by atoms with Crippen molar-refractivity contribution in [3.8, 4) is 29.0 Å². The number of carbonyl (C=O) groups is 2. The van der Waals surface area contributed by atoms with Gasteiger partial charge in [0.2, 0.25) is 0 Å².